The monoisotopic (exact) mass is 534 g/mol. The molecule has 4 amide bonds. The fraction of sp³-hybridized carbons (Fsp3) is 0. The van der Waals surface area contributed by atoms with Crippen molar-refractivity contribution in [3.8, 4) is 5.69 Å². The first kappa shape index (κ1) is 24.1. The molecule has 0 spiro atoms. The minimum Gasteiger partial charge on any atom is -0.360 e. The summed E-state index contributed by atoms with van der Waals surface area (Å²) >= 11 is 1.06. The van der Waals surface area contributed by atoms with Crippen LogP contribution < -0.4 is 10.6 Å². The fourth-order valence-electron chi connectivity index (χ4n) is 4.07. The first-order valence-corrected chi connectivity index (χ1v) is 12.6. The molecule has 1 aromatic heterocycles. The van der Waals surface area contributed by atoms with Gasteiger partial charge in [0.25, 0.3) is 23.6 Å². The third kappa shape index (κ3) is 4.51. The Morgan fingerprint density at radius 3 is 2.15 bits per heavy atom. The maximum absolute atomic E-state index is 13.6. The molecule has 39 heavy (non-hydrogen) atoms. The highest BCUT2D eigenvalue weighted by atomic mass is 32.2. The number of para-hydroxylation sites is 2. The number of benzene rings is 3. The number of aromatic nitrogens is 2. The molecular formula is C28H18N6O4S. The van der Waals surface area contributed by atoms with Crippen LogP contribution in [0.3, 0.4) is 0 Å². The number of imide groups is 3. The maximum atomic E-state index is 13.6. The van der Waals surface area contributed by atoms with E-state index in [2.05, 4.69) is 20.7 Å². The van der Waals surface area contributed by atoms with Crippen LogP contribution in [0.4, 0.5) is 11.5 Å². The highest BCUT2D eigenvalue weighted by Crippen LogP contribution is 2.31. The molecule has 190 valence electrons. The Balaban J connectivity index is 1.35. The summed E-state index contributed by atoms with van der Waals surface area (Å²) in [7, 11) is 0. The lowest BCUT2D eigenvalue weighted by atomic mass is 10.1. The van der Waals surface area contributed by atoms with Crippen LogP contribution in [0.2, 0.25) is 0 Å². The number of carbonyl (C=O) groups is 4. The van der Waals surface area contributed by atoms with Crippen LogP contribution in [0.25, 0.3) is 5.69 Å². The molecule has 1 fully saturated rings. The zero-order valence-electron chi connectivity index (χ0n) is 20.1. The highest BCUT2D eigenvalue weighted by molar-refractivity contribution is 8.18. The first-order valence-electron chi connectivity index (χ1n) is 11.8. The van der Waals surface area contributed by atoms with Crippen molar-refractivity contribution in [2.75, 3.05) is 5.32 Å². The van der Waals surface area contributed by atoms with Gasteiger partial charge in [-0.15, -0.1) is 5.10 Å². The number of amides is 4. The van der Waals surface area contributed by atoms with Crippen LogP contribution >= 0.6 is 11.8 Å². The van der Waals surface area contributed by atoms with Gasteiger partial charge in [-0.25, -0.2) is 14.6 Å². The van der Waals surface area contributed by atoms with Gasteiger partial charge in [-0.05, 0) is 48.2 Å². The number of aliphatic imine (C=N–C) groups is 1. The molecule has 11 heteroatoms. The van der Waals surface area contributed by atoms with Gasteiger partial charge in [0.1, 0.15) is 5.56 Å². The van der Waals surface area contributed by atoms with E-state index in [1.165, 1.54) is 23.0 Å². The third-order valence-corrected chi connectivity index (χ3v) is 6.85. The molecule has 2 N–H and O–H groups in total. The van der Waals surface area contributed by atoms with Gasteiger partial charge in [-0.2, -0.15) is 0 Å². The van der Waals surface area contributed by atoms with Gasteiger partial charge >= 0.3 is 0 Å². The third-order valence-electron chi connectivity index (χ3n) is 5.95. The summed E-state index contributed by atoms with van der Waals surface area (Å²) in [4.78, 5) is 57.5. The normalized spacial score (nSPS) is 16.6. The van der Waals surface area contributed by atoms with Gasteiger partial charge in [0.2, 0.25) is 0 Å². The molecule has 0 aliphatic carbocycles. The quantitative estimate of drug-likeness (QED) is 0.292. The van der Waals surface area contributed by atoms with Gasteiger partial charge < -0.3 is 10.6 Å². The summed E-state index contributed by atoms with van der Waals surface area (Å²) in [6.07, 6.45) is 2.97. The molecule has 0 bridgehead atoms. The van der Waals surface area contributed by atoms with Crippen molar-refractivity contribution in [1.82, 2.24) is 20.0 Å². The van der Waals surface area contributed by atoms with Gasteiger partial charge in [0.15, 0.2) is 11.0 Å². The van der Waals surface area contributed by atoms with E-state index in [4.69, 9.17) is 0 Å². The van der Waals surface area contributed by atoms with Crippen LogP contribution in [0.15, 0.2) is 107 Å². The van der Waals surface area contributed by atoms with E-state index < -0.39 is 17.7 Å². The number of carbonyl (C=O) groups excluding carboxylic acids is 4. The van der Waals surface area contributed by atoms with Crippen molar-refractivity contribution in [2.45, 2.75) is 0 Å². The number of rotatable bonds is 5. The molecule has 0 saturated carbocycles. The van der Waals surface area contributed by atoms with Crippen molar-refractivity contribution >= 4 is 52.1 Å². The van der Waals surface area contributed by atoms with Crippen molar-refractivity contribution in [2.24, 2.45) is 4.99 Å². The largest absolute Gasteiger partial charge is 0.360 e. The van der Waals surface area contributed by atoms with Crippen molar-refractivity contribution < 1.29 is 19.2 Å². The second kappa shape index (κ2) is 9.88. The first-order chi connectivity index (χ1) is 19.0. The summed E-state index contributed by atoms with van der Waals surface area (Å²) in [5, 5.41) is 10.3. The number of amidine groups is 1. The molecule has 1 saturated heterocycles. The molecule has 4 aromatic rings. The Morgan fingerprint density at radius 1 is 0.872 bits per heavy atom. The maximum Gasteiger partial charge on any atom is 0.273 e. The average Bonchev–Trinajstić information content (AvgIpc) is 3.62. The van der Waals surface area contributed by atoms with Gasteiger partial charge in [0.05, 0.1) is 21.7 Å². The standard InChI is InChI=1S/C28H18N6O4S/c35-24-22(15-29-17-9-3-1-4-10-17)39-28(31-24)30-23-21(16-33(32-23)18-11-5-2-6-12-18)27(38)34-25(36)19-13-7-8-14-20(19)26(34)37/h1-16,29H,(H,30,31,32,35)/b22-15+. The van der Waals surface area contributed by atoms with Gasteiger partial charge in [-0.1, -0.05) is 48.5 Å². The smallest absolute Gasteiger partial charge is 0.273 e. The predicted molar refractivity (Wildman–Crippen MR) is 146 cm³/mol. The Labute approximate surface area is 226 Å². The van der Waals surface area contributed by atoms with Crippen LogP contribution in [-0.2, 0) is 4.79 Å². The molecular weight excluding hydrogens is 516 g/mol. The lowest BCUT2D eigenvalue weighted by molar-refractivity contribution is -0.115. The van der Waals surface area contributed by atoms with E-state index in [1.54, 1.807) is 42.6 Å². The van der Waals surface area contributed by atoms with E-state index in [1.807, 2.05) is 36.4 Å². The zero-order chi connectivity index (χ0) is 26.9. The van der Waals surface area contributed by atoms with E-state index >= 15 is 0 Å². The second-order valence-corrected chi connectivity index (χ2v) is 9.47. The second-order valence-electron chi connectivity index (χ2n) is 8.44. The van der Waals surface area contributed by atoms with Crippen LogP contribution in [0, 0.1) is 0 Å². The molecule has 3 aromatic carbocycles. The molecule has 3 heterocycles. The molecule has 10 nitrogen and oxygen atoms in total. The van der Waals surface area contributed by atoms with Gasteiger partial charge in [-0.3, -0.25) is 19.2 Å². The van der Waals surface area contributed by atoms with Crippen LogP contribution in [0.5, 0.6) is 0 Å². The summed E-state index contributed by atoms with van der Waals surface area (Å²) in [5.41, 5.74) is 1.67. The highest BCUT2D eigenvalue weighted by Gasteiger charge is 2.41. The zero-order valence-corrected chi connectivity index (χ0v) is 20.9. The van der Waals surface area contributed by atoms with Crippen LogP contribution in [0.1, 0.15) is 31.1 Å². The fourth-order valence-corrected chi connectivity index (χ4v) is 4.81. The molecule has 0 unspecified atom stereocenters. The Bertz CT molecular complexity index is 1680. The summed E-state index contributed by atoms with van der Waals surface area (Å²) in [6.45, 7) is 0. The topological polar surface area (TPSA) is 126 Å². The number of thioether (sulfide) groups is 1. The summed E-state index contributed by atoms with van der Waals surface area (Å²) in [6, 6.07) is 24.6. The molecule has 0 radical (unpaired) electrons. The van der Waals surface area contributed by atoms with Crippen molar-refractivity contribution in [3.63, 3.8) is 0 Å². The average molecular weight is 535 g/mol. The lowest BCUT2D eigenvalue weighted by Crippen LogP contribution is -2.36. The van der Waals surface area contributed by atoms with Gasteiger partial charge in [0, 0.05) is 18.1 Å². The number of fused-ring (bicyclic) bond motifs is 1. The number of nitrogens with zero attached hydrogens (tertiary/aromatic N) is 4. The van der Waals surface area contributed by atoms with E-state index in [0.717, 1.165) is 17.4 Å². The lowest BCUT2D eigenvalue weighted by Gasteiger charge is -2.10. The van der Waals surface area contributed by atoms with Crippen molar-refractivity contribution in [1.29, 1.82) is 0 Å². The predicted octanol–water partition coefficient (Wildman–Crippen LogP) is 4.11. The number of hydrogen-bond acceptors (Lipinski definition) is 8. The minimum atomic E-state index is -0.862. The summed E-state index contributed by atoms with van der Waals surface area (Å²) < 4.78 is 1.43. The van der Waals surface area contributed by atoms with E-state index in [9.17, 15) is 19.2 Å². The number of anilines is 1. The SMILES string of the molecule is O=C1NC(=Nc2nn(-c3ccccc3)cc2C(=O)N2C(=O)c3ccccc3C2=O)S/C1=C/Nc1ccccc1. The Kier molecular flexibility index (Phi) is 6.10. The van der Waals surface area contributed by atoms with Crippen molar-refractivity contribution in [3.05, 3.63) is 119 Å². The molecule has 2 aliphatic heterocycles. The molecule has 6 rings (SSSR count). The molecule has 2 aliphatic rings. The number of hydrogen-bond donors (Lipinski definition) is 2. The molecule has 0 atom stereocenters. The minimum absolute atomic E-state index is 0.0551. The number of nitrogens with one attached hydrogen (secondary N) is 2. The van der Waals surface area contributed by atoms with E-state index in [0.29, 0.717) is 15.5 Å². The van der Waals surface area contributed by atoms with Crippen LogP contribution in [-0.4, -0.2) is 43.5 Å². The summed E-state index contributed by atoms with van der Waals surface area (Å²) in [5.74, 6) is -2.73. The Morgan fingerprint density at radius 2 is 1.49 bits per heavy atom. The Hall–Kier alpha value is -5.29. The van der Waals surface area contributed by atoms with E-state index in [-0.39, 0.29) is 33.6 Å².